The van der Waals surface area contributed by atoms with Crippen molar-refractivity contribution in [2.45, 2.75) is 17.7 Å². The van der Waals surface area contributed by atoms with E-state index in [1.807, 2.05) is 36.6 Å². The van der Waals surface area contributed by atoms with Gasteiger partial charge in [0.05, 0.1) is 10.3 Å². The maximum absolute atomic E-state index is 12.9. The van der Waals surface area contributed by atoms with E-state index in [0.29, 0.717) is 16.2 Å². The van der Waals surface area contributed by atoms with Crippen molar-refractivity contribution >= 4 is 52.4 Å². The summed E-state index contributed by atoms with van der Waals surface area (Å²) >= 11 is 2.69. The molecule has 1 aromatic heterocycles. The summed E-state index contributed by atoms with van der Waals surface area (Å²) in [6, 6.07) is 13.6. The molecule has 1 N–H and O–H groups in total. The molecular weight excluding hydrogens is 422 g/mol. The van der Waals surface area contributed by atoms with E-state index < -0.39 is 4.92 Å². The fraction of sp³-hybridized carbons (Fsp3) is 0.0952. The summed E-state index contributed by atoms with van der Waals surface area (Å²) in [5.74, 6) is -0.437. The Morgan fingerprint density at radius 1 is 1.23 bits per heavy atom. The first-order chi connectivity index (χ1) is 14.4. The second-order valence-corrected chi connectivity index (χ2v) is 8.78. The SMILES string of the molecule is Cc1ccccc1NC(=O)Cc1csc2[n+]1C(=O)/C(=C\c1cccc([N+](=O)[O-])c1)S2. The van der Waals surface area contributed by atoms with Gasteiger partial charge in [-0.1, -0.05) is 41.7 Å². The van der Waals surface area contributed by atoms with Gasteiger partial charge in [-0.2, -0.15) is 0 Å². The topological polar surface area (TPSA) is 93.2 Å². The van der Waals surface area contributed by atoms with Gasteiger partial charge in [-0.3, -0.25) is 14.9 Å². The lowest BCUT2D eigenvalue weighted by Gasteiger charge is -2.06. The summed E-state index contributed by atoms with van der Waals surface area (Å²) in [4.78, 5) is 36.4. The smallest absolute Gasteiger partial charge is 0.325 e. The first kappa shape index (κ1) is 20.0. The number of carbonyl (C=O) groups excluding carboxylic acids is 2. The minimum Gasteiger partial charge on any atom is -0.325 e. The summed E-state index contributed by atoms with van der Waals surface area (Å²) in [5.41, 5.74) is 2.86. The van der Waals surface area contributed by atoms with Gasteiger partial charge < -0.3 is 5.32 Å². The highest BCUT2D eigenvalue weighted by molar-refractivity contribution is 8.05. The molecule has 7 nitrogen and oxygen atoms in total. The van der Waals surface area contributed by atoms with Gasteiger partial charge >= 0.3 is 10.2 Å². The Balaban J connectivity index is 1.53. The van der Waals surface area contributed by atoms with Crippen LogP contribution in [0.25, 0.3) is 6.08 Å². The first-order valence-corrected chi connectivity index (χ1v) is 10.7. The summed E-state index contributed by atoms with van der Waals surface area (Å²) < 4.78 is 2.30. The fourth-order valence-electron chi connectivity index (χ4n) is 3.04. The normalized spacial score (nSPS) is 14.0. The van der Waals surface area contributed by atoms with Crippen molar-refractivity contribution in [1.82, 2.24) is 0 Å². The van der Waals surface area contributed by atoms with Gasteiger partial charge in [0.2, 0.25) is 11.6 Å². The highest BCUT2D eigenvalue weighted by Crippen LogP contribution is 2.36. The lowest BCUT2D eigenvalue weighted by atomic mass is 10.2. The van der Waals surface area contributed by atoms with E-state index in [-0.39, 0.29) is 23.9 Å². The molecule has 0 saturated heterocycles. The summed E-state index contributed by atoms with van der Waals surface area (Å²) in [5, 5.41) is 15.6. The molecule has 30 heavy (non-hydrogen) atoms. The van der Waals surface area contributed by atoms with Crippen molar-refractivity contribution in [3.8, 4) is 0 Å². The summed E-state index contributed by atoms with van der Waals surface area (Å²) in [7, 11) is 0. The Morgan fingerprint density at radius 3 is 2.80 bits per heavy atom. The maximum atomic E-state index is 12.9. The van der Waals surface area contributed by atoms with Crippen LogP contribution in [-0.4, -0.2) is 16.7 Å². The predicted molar refractivity (Wildman–Crippen MR) is 116 cm³/mol. The van der Waals surface area contributed by atoms with E-state index in [0.717, 1.165) is 15.6 Å². The molecule has 0 radical (unpaired) electrons. The van der Waals surface area contributed by atoms with E-state index >= 15 is 0 Å². The van der Waals surface area contributed by atoms with Crippen molar-refractivity contribution in [2.75, 3.05) is 5.32 Å². The molecule has 1 amide bonds. The number of non-ortho nitro benzene ring substituents is 1. The van der Waals surface area contributed by atoms with Crippen LogP contribution in [0.5, 0.6) is 0 Å². The van der Waals surface area contributed by atoms with Crippen molar-refractivity contribution < 1.29 is 19.1 Å². The molecule has 2 heterocycles. The Kier molecular flexibility index (Phi) is 5.47. The first-order valence-electron chi connectivity index (χ1n) is 8.99. The molecule has 0 fully saturated rings. The molecule has 0 bridgehead atoms. The Morgan fingerprint density at radius 2 is 2.03 bits per heavy atom. The van der Waals surface area contributed by atoms with Crippen LogP contribution < -0.4 is 9.88 Å². The van der Waals surface area contributed by atoms with Crippen LogP contribution in [0.2, 0.25) is 0 Å². The molecule has 150 valence electrons. The standard InChI is InChI=1S/C21H15N3O4S2/c1-13-5-2-3-8-17(13)22-19(25)11-16-12-29-21-23(16)20(26)18(30-21)10-14-6-4-7-15(9-14)24(27)28/h2-10,12H,11H2,1H3/p+1/b18-10+. The minimum absolute atomic E-state index is 0.0317. The largest absolute Gasteiger partial charge is 0.433 e. The highest BCUT2D eigenvalue weighted by atomic mass is 32.2. The number of para-hydroxylation sites is 1. The zero-order chi connectivity index (χ0) is 21.3. The third-order valence-corrected chi connectivity index (χ3v) is 6.70. The van der Waals surface area contributed by atoms with Crippen LogP contribution in [-0.2, 0) is 11.2 Å². The van der Waals surface area contributed by atoms with Crippen LogP contribution in [0.15, 0.2) is 63.2 Å². The lowest BCUT2D eigenvalue weighted by molar-refractivity contribution is -0.607. The third kappa shape index (κ3) is 4.03. The number of nitro benzene ring substituents is 1. The van der Waals surface area contributed by atoms with Crippen molar-refractivity contribution in [1.29, 1.82) is 0 Å². The van der Waals surface area contributed by atoms with Crippen molar-refractivity contribution in [2.24, 2.45) is 0 Å². The van der Waals surface area contributed by atoms with Crippen molar-refractivity contribution in [3.63, 3.8) is 0 Å². The van der Waals surface area contributed by atoms with E-state index in [1.165, 1.54) is 39.8 Å². The van der Waals surface area contributed by atoms with Crippen LogP contribution in [0, 0.1) is 17.0 Å². The number of fused-ring (bicyclic) bond motifs is 1. The van der Waals surface area contributed by atoms with Crippen molar-refractivity contribution in [3.05, 3.63) is 85.8 Å². The molecule has 0 spiro atoms. The van der Waals surface area contributed by atoms with Gasteiger partial charge in [-0.15, -0.1) is 4.57 Å². The average Bonchev–Trinajstić information content (AvgIpc) is 3.24. The van der Waals surface area contributed by atoms with E-state index in [9.17, 15) is 19.7 Å². The number of carbonyl (C=O) groups is 2. The van der Waals surface area contributed by atoms with Gasteiger partial charge in [0.15, 0.2) is 0 Å². The number of aromatic nitrogens is 1. The number of allylic oxidation sites excluding steroid dienone is 1. The number of nitrogens with zero attached hydrogens (tertiary/aromatic N) is 2. The second-order valence-electron chi connectivity index (χ2n) is 6.64. The molecule has 0 unspecified atom stereocenters. The number of thioether (sulfide) groups is 1. The number of nitro groups is 1. The number of aryl methyl sites for hydroxylation is 1. The molecule has 1 aliphatic heterocycles. The number of nitrogens with one attached hydrogen (secondary N) is 1. The number of benzene rings is 2. The summed E-state index contributed by atoms with van der Waals surface area (Å²) in [6.07, 6.45) is 1.71. The predicted octanol–water partition coefficient (Wildman–Crippen LogP) is 4.22. The highest BCUT2D eigenvalue weighted by Gasteiger charge is 2.40. The Bertz CT molecular complexity index is 1220. The monoisotopic (exact) mass is 438 g/mol. The molecule has 4 rings (SSSR count). The number of hydrogen-bond acceptors (Lipinski definition) is 6. The number of hydrogen-bond donors (Lipinski definition) is 1. The lowest BCUT2D eigenvalue weighted by Crippen LogP contribution is -2.43. The number of thiazole rings is 1. The fourth-order valence-corrected chi connectivity index (χ4v) is 5.23. The van der Waals surface area contributed by atoms with Crippen LogP contribution in [0.4, 0.5) is 11.4 Å². The zero-order valence-electron chi connectivity index (χ0n) is 15.8. The Hall–Kier alpha value is -3.30. The molecule has 0 saturated carbocycles. The van der Waals surface area contributed by atoms with E-state index in [2.05, 4.69) is 5.32 Å². The molecule has 0 aliphatic carbocycles. The third-order valence-electron chi connectivity index (χ3n) is 4.52. The van der Waals surface area contributed by atoms with Gasteiger partial charge in [0.1, 0.15) is 11.3 Å². The second kappa shape index (κ2) is 8.21. The zero-order valence-corrected chi connectivity index (χ0v) is 17.5. The van der Waals surface area contributed by atoms with Gasteiger partial charge in [-0.25, -0.2) is 4.79 Å². The minimum atomic E-state index is -0.470. The summed E-state index contributed by atoms with van der Waals surface area (Å²) in [6.45, 7) is 1.91. The van der Waals surface area contributed by atoms with E-state index in [4.69, 9.17) is 0 Å². The molecule has 3 aromatic rings. The quantitative estimate of drug-likeness (QED) is 0.279. The van der Waals surface area contributed by atoms with Gasteiger partial charge in [0.25, 0.3) is 5.69 Å². The molecule has 9 heteroatoms. The van der Waals surface area contributed by atoms with Crippen LogP contribution in [0.3, 0.4) is 0 Å². The maximum Gasteiger partial charge on any atom is 0.433 e. The number of amides is 1. The number of anilines is 1. The van der Waals surface area contributed by atoms with Crippen LogP contribution >= 0.6 is 23.1 Å². The molecule has 1 aliphatic rings. The van der Waals surface area contributed by atoms with Gasteiger partial charge in [0, 0.05) is 29.6 Å². The molecule has 0 atom stereocenters. The van der Waals surface area contributed by atoms with Crippen LogP contribution in [0.1, 0.15) is 21.6 Å². The molecular formula is C21H16N3O4S2+. The van der Waals surface area contributed by atoms with Gasteiger partial charge in [-0.05, 0) is 30.2 Å². The van der Waals surface area contributed by atoms with E-state index in [1.54, 1.807) is 18.2 Å². The average molecular weight is 439 g/mol. The molecule has 2 aromatic carbocycles. The Labute approximate surface area is 180 Å². The number of rotatable bonds is 5.